The summed E-state index contributed by atoms with van der Waals surface area (Å²) in [6.07, 6.45) is 2.60. The van der Waals surface area contributed by atoms with E-state index in [2.05, 4.69) is 5.32 Å². The Balaban J connectivity index is 2.02. The largest absolute Gasteiger partial charge is 0.481 e. The average Bonchev–Trinajstić information content (AvgIpc) is 2.64. The molecule has 27 heavy (non-hydrogen) atoms. The number of ether oxygens (including phenoxy) is 1. The molecule has 0 saturated carbocycles. The summed E-state index contributed by atoms with van der Waals surface area (Å²) in [6, 6.07) is 6.44. The molecule has 1 amide bonds. The number of esters is 1. The van der Waals surface area contributed by atoms with E-state index in [1.54, 1.807) is 24.3 Å². The SMILES string of the molecule is CCCCOC(=O)c1ccc(NC(=O)[C@H]2CC(C)=C(C)C[C@@H]2C(=O)O)cc1. The smallest absolute Gasteiger partial charge is 0.338 e. The highest BCUT2D eigenvalue weighted by molar-refractivity contribution is 5.96. The van der Waals surface area contributed by atoms with Crippen LogP contribution in [0.25, 0.3) is 0 Å². The predicted molar refractivity (Wildman–Crippen MR) is 102 cm³/mol. The van der Waals surface area contributed by atoms with Crippen molar-refractivity contribution in [3.05, 3.63) is 41.0 Å². The highest BCUT2D eigenvalue weighted by Crippen LogP contribution is 2.35. The van der Waals surface area contributed by atoms with Crippen molar-refractivity contribution in [2.45, 2.75) is 46.5 Å². The number of carbonyl (C=O) groups is 3. The molecule has 0 fully saturated rings. The van der Waals surface area contributed by atoms with Crippen molar-refractivity contribution >= 4 is 23.5 Å². The Morgan fingerprint density at radius 1 is 1.07 bits per heavy atom. The molecule has 6 nitrogen and oxygen atoms in total. The topological polar surface area (TPSA) is 92.7 Å². The molecular formula is C21H27NO5. The van der Waals surface area contributed by atoms with E-state index in [0.29, 0.717) is 30.7 Å². The van der Waals surface area contributed by atoms with Gasteiger partial charge in [0.2, 0.25) is 5.91 Å². The Bertz CT molecular complexity index is 735. The monoisotopic (exact) mass is 373 g/mol. The number of carboxylic acids is 1. The van der Waals surface area contributed by atoms with Crippen molar-refractivity contribution in [1.82, 2.24) is 0 Å². The molecule has 0 spiro atoms. The quantitative estimate of drug-likeness (QED) is 0.428. The van der Waals surface area contributed by atoms with E-state index in [9.17, 15) is 19.5 Å². The van der Waals surface area contributed by atoms with Gasteiger partial charge in [-0.15, -0.1) is 0 Å². The fourth-order valence-electron chi connectivity index (χ4n) is 3.14. The molecule has 6 heteroatoms. The molecule has 1 aliphatic carbocycles. The van der Waals surface area contributed by atoms with Crippen LogP contribution in [0.5, 0.6) is 0 Å². The third kappa shape index (κ3) is 5.42. The Hall–Kier alpha value is -2.63. The van der Waals surface area contributed by atoms with Gasteiger partial charge in [-0.2, -0.15) is 0 Å². The van der Waals surface area contributed by atoms with Gasteiger partial charge in [-0.3, -0.25) is 9.59 Å². The van der Waals surface area contributed by atoms with Gasteiger partial charge in [0, 0.05) is 5.69 Å². The van der Waals surface area contributed by atoms with Crippen LogP contribution in [0.1, 0.15) is 56.8 Å². The molecule has 1 aliphatic rings. The van der Waals surface area contributed by atoms with Crippen molar-refractivity contribution in [2.24, 2.45) is 11.8 Å². The highest BCUT2D eigenvalue weighted by Gasteiger charge is 2.37. The number of unbranched alkanes of at least 4 members (excludes halogenated alkanes) is 1. The van der Waals surface area contributed by atoms with Gasteiger partial charge in [-0.05, 0) is 57.4 Å². The number of allylic oxidation sites excluding steroid dienone is 2. The number of nitrogens with one attached hydrogen (secondary N) is 1. The van der Waals surface area contributed by atoms with Crippen LogP contribution in [0.2, 0.25) is 0 Å². The molecule has 0 aromatic heterocycles. The van der Waals surface area contributed by atoms with Crippen LogP contribution in [0.4, 0.5) is 5.69 Å². The molecule has 0 heterocycles. The van der Waals surface area contributed by atoms with Crippen LogP contribution in [0, 0.1) is 11.8 Å². The summed E-state index contributed by atoms with van der Waals surface area (Å²) < 4.78 is 5.15. The zero-order valence-corrected chi connectivity index (χ0v) is 16.1. The number of benzene rings is 1. The number of amides is 1. The standard InChI is InChI=1S/C21H27NO5/c1-4-5-10-27-21(26)15-6-8-16(9-7-15)22-19(23)17-11-13(2)14(3)12-18(17)20(24)25/h6-9,17-18H,4-5,10-12H2,1-3H3,(H,22,23)(H,24,25)/t17-,18-/m0/s1. The lowest BCUT2D eigenvalue weighted by molar-refractivity contribution is -0.146. The second-order valence-corrected chi connectivity index (χ2v) is 7.08. The number of anilines is 1. The van der Waals surface area contributed by atoms with Gasteiger partial charge < -0.3 is 15.2 Å². The lowest BCUT2D eigenvalue weighted by Crippen LogP contribution is -2.36. The fourth-order valence-corrected chi connectivity index (χ4v) is 3.14. The lowest BCUT2D eigenvalue weighted by atomic mass is 9.76. The molecule has 2 rings (SSSR count). The second-order valence-electron chi connectivity index (χ2n) is 7.08. The van der Waals surface area contributed by atoms with Crippen LogP contribution in [0.15, 0.2) is 35.4 Å². The number of rotatable bonds is 7. The zero-order valence-electron chi connectivity index (χ0n) is 16.1. The number of hydrogen-bond acceptors (Lipinski definition) is 4. The molecule has 1 aromatic carbocycles. The summed E-state index contributed by atoms with van der Waals surface area (Å²) >= 11 is 0. The van der Waals surface area contributed by atoms with E-state index in [1.807, 2.05) is 20.8 Å². The third-order valence-electron chi connectivity index (χ3n) is 5.04. The van der Waals surface area contributed by atoms with E-state index in [4.69, 9.17) is 4.74 Å². The van der Waals surface area contributed by atoms with E-state index in [1.165, 1.54) is 0 Å². The summed E-state index contributed by atoms with van der Waals surface area (Å²) in [6.45, 7) is 6.26. The van der Waals surface area contributed by atoms with E-state index >= 15 is 0 Å². The summed E-state index contributed by atoms with van der Waals surface area (Å²) in [7, 11) is 0. The number of aliphatic carboxylic acids is 1. The molecule has 2 N–H and O–H groups in total. The van der Waals surface area contributed by atoms with Crippen molar-refractivity contribution in [2.75, 3.05) is 11.9 Å². The van der Waals surface area contributed by atoms with Crippen LogP contribution < -0.4 is 5.32 Å². The predicted octanol–water partition coefficient (Wildman–Crippen LogP) is 4.03. The van der Waals surface area contributed by atoms with E-state index in [-0.39, 0.29) is 5.91 Å². The first-order chi connectivity index (χ1) is 12.8. The Labute approximate surface area is 159 Å². The summed E-state index contributed by atoms with van der Waals surface area (Å²) in [4.78, 5) is 36.1. The van der Waals surface area contributed by atoms with Gasteiger partial charge in [-0.25, -0.2) is 4.79 Å². The first kappa shape index (κ1) is 20.7. The van der Waals surface area contributed by atoms with Gasteiger partial charge >= 0.3 is 11.9 Å². The zero-order chi connectivity index (χ0) is 20.0. The van der Waals surface area contributed by atoms with Crippen molar-refractivity contribution in [3.63, 3.8) is 0 Å². The molecule has 0 radical (unpaired) electrons. The van der Waals surface area contributed by atoms with Crippen molar-refractivity contribution in [1.29, 1.82) is 0 Å². The molecule has 1 aromatic rings. The van der Waals surface area contributed by atoms with Gasteiger partial charge in [-0.1, -0.05) is 24.5 Å². The normalized spacial score (nSPS) is 19.5. The molecule has 0 unspecified atom stereocenters. The summed E-state index contributed by atoms with van der Waals surface area (Å²) in [5, 5.41) is 12.2. The van der Waals surface area contributed by atoms with E-state index < -0.39 is 23.8 Å². The average molecular weight is 373 g/mol. The fraction of sp³-hybridized carbons (Fsp3) is 0.476. The minimum Gasteiger partial charge on any atom is -0.481 e. The van der Waals surface area contributed by atoms with Crippen LogP contribution in [-0.4, -0.2) is 29.6 Å². The molecule has 0 aliphatic heterocycles. The van der Waals surface area contributed by atoms with Crippen LogP contribution in [0.3, 0.4) is 0 Å². The van der Waals surface area contributed by atoms with Gasteiger partial charge in [0.05, 0.1) is 24.0 Å². The minimum absolute atomic E-state index is 0.312. The first-order valence-corrected chi connectivity index (χ1v) is 9.29. The van der Waals surface area contributed by atoms with Crippen molar-refractivity contribution < 1.29 is 24.2 Å². The summed E-state index contributed by atoms with van der Waals surface area (Å²) in [5.74, 6) is -2.98. The maximum absolute atomic E-state index is 12.6. The molecule has 146 valence electrons. The Morgan fingerprint density at radius 3 is 2.22 bits per heavy atom. The maximum Gasteiger partial charge on any atom is 0.338 e. The second kappa shape index (κ2) is 9.35. The summed E-state index contributed by atoms with van der Waals surface area (Å²) in [5.41, 5.74) is 3.05. The van der Waals surface area contributed by atoms with Gasteiger partial charge in [0.25, 0.3) is 0 Å². The number of carboxylic acid groups (broad SMARTS) is 1. The van der Waals surface area contributed by atoms with E-state index in [0.717, 1.165) is 24.0 Å². The lowest BCUT2D eigenvalue weighted by Gasteiger charge is -2.29. The molecule has 0 saturated heterocycles. The molecule has 2 atom stereocenters. The van der Waals surface area contributed by atoms with Crippen LogP contribution in [-0.2, 0) is 14.3 Å². The molecular weight excluding hydrogens is 346 g/mol. The minimum atomic E-state index is -0.952. The maximum atomic E-state index is 12.6. The van der Waals surface area contributed by atoms with Gasteiger partial charge in [0.15, 0.2) is 0 Å². The first-order valence-electron chi connectivity index (χ1n) is 9.29. The Kier molecular flexibility index (Phi) is 7.16. The van der Waals surface area contributed by atoms with Crippen LogP contribution >= 0.6 is 0 Å². The third-order valence-corrected chi connectivity index (χ3v) is 5.04. The van der Waals surface area contributed by atoms with Gasteiger partial charge in [0.1, 0.15) is 0 Å². The Morgan fingerprint density at radius 2 is 1.67 bits per heavy atom. The highest BCUT2D eigenvalue weighted by atomic mass is 16.5. The molecule has 0 bridgehead atoms. The van der Waals surface area contributed by atoms with Crippen molar-refractivity contribution in [3.8, 4) is 0 Å². The number of carbonyl (C=O) groups excluding carboxylic acids is 2. The number of hydrogen-bond donors (Lipinski definition) is 2.